The number of hydrogen-bond donors (Lipinski definition) is 0. The molecule has 0 atom stereocenters. The maximum absolute atomic E-state index is 13.1. The van der Waals surface area contributed by atoms with E-state index in [0.717, 1.165) is 24.1 Å². The molecule has 1 heterocycles. The summed E-state index contributed by atoms with van der Waals surface area (Å²) in [5, 5.41) is 0. The molecule has 2 rings (SSSR count). The van der Waals surface area contributed by atoms with Crippen molar-refractivity contribution >= 4 is 15.9 Å². The summed E-state index contributed by atoms with van der Waals surface area (Å²) in [5.74, 6) is -0.176. The molecule has 1 aliphatic heterocycles. The van der Waals surface area contributed by atoms with E-state index < -0.39 is 0 Å². The Morgan fingerprint density at radius 3 is 2.37 bits per heavy atom. The van der Waals surface area contributed by atoms with Crippen molar-refractivity contribution in [2.24, 2.45) is 5.41 Å². The average Bonchev–Trinajstić information content (AvgIpc) is 2.43. The van der Waals surface area contributed by atoms with Gasteiger partial charge >= 0.3 is 0 Å². The van der Waals surface area contributed by atoms with Crippen LogP contribution in [0.2, 0.25) is 0 Å². The van der Waals surface area contributed by atoms with E-state index in [-0.39, 0.29) is 5.82 Å². The van der Waals surface area contributed by atoms with Crippen molar-refractivity contribution in [3.8, 4) is 0 Å². The normalized spacial score (nSPS) is 19.6. The Morgan fingerprint density at radius 2 is 1.84 bits per heavy atom. The Bertz CT molecular complexity index is 419. The van der Waals surface area contributed by atoms with E-state index in [9.17, 15) is 4.39 Å². The molecule has 0 aliphatic carbocycles. The third-order valence-corrected chi connectivity index (χ3v) is 5.56. The number of nitrogens with zero attached hydrogens (tertiary/aromatic N) is 1. The molecule has 1 nitrogen and oxygen atoms in total. The molecule has 0 N–H and O–H groups in total. The molecule has 1 aromatic rings. The van der Waals surface area contributed by atoms with E-state index in [1.165, 1.54) is 31.2 Å². The van der Waals surface area contributed by atoms with Crippen LogP contribution in [0.15, 0.2) is 22.7 Å². The fourth-order valence-corrected chi connectivity index (χ4v) is 3.51. The molecule has 3 heteroatoms. The van der Waals surface area contributed by atoms with Crippen LogP contribution < -0.4 is 0 Å². The summed E-state index contributed by atoms with van der Waals surface area (Å²) in [5.41, 5.74) is 1.75. The number of likely N-dealkylation sites (tertiary alicyclic amines) is 1. The summed E-state index contributed by atoms with van der Waals surface area (Å²) in [6.07, 6.45) is 5.16. The van der Waals surface area contributed by atoms with Crippen LogP contribution in [-0.4, -0.2) is 18.0 Å². The van der Waals surface area contributed by atoms with Crippen LogP contribution in [-0.2, 0) is 6.54 Å². The fraction of sp³-hybridized carbons (Fsp3) is 0.625. The molecule has 0 unspecified atom stereocenters. The highest BCUT2D eigenvalue weighted by molar-refractivity contribution is 9.10. The van der Waals surface area contributed by atoms with Crippen LogP contribution in [0.25, 0.3) is 0 Å². The van der Waals surface area contributed by atoms with Crippen molar-refractivity contribution in [3.63, 3.8) is 0 Å². The second-order valence-corrected chi connectivity index (χ2v) is 6.57. The van der Waals surface area contributed by atoms with Crippen LogP contribution in [0.1, 0.15) is 45.1 Å². The Kier molecular flexibility index (Phi) is 5.02. The number of hydrogen-bond acceptors (Lipinski definition) is 1. The first-order valence-electron chi connectivity index (χ1n) is 7.25. The number of rotatable bonds is 4. The molecular weight excluding hydrogens is 305 g/mol. The lowest BCUT2D eigenvalue weighted by Crippen LogP contribution is -2.39. The molecule has 0 amide bonds. The van der Waals surface area contributed by atoms with Crippen molar-refractivity contribution in [1.29, 1.82) is 0 Å². The Balaban J connectivity index is 1.95. The Labute approximate surface area is 124 Å². The van der Waals surface area contributed by atoms with Crippen molar-refractivity contribution in [1.82, 2.24) is 4.90 Å². The SMILES string of the molecule is CCC1(CC)CCN(Cc2ccc(F)cc2Br)CC1. The van der Waals surface area contributed by atoms with Gasteiger partial charge in [-0.2, -0.15) is 0 Å². The van der Waals surface area contributed by atoms with Crippen LogP contribution in [0.3, 0.4) is 0 Å². The largest absolute Gasteiger partial charge is 0.299 e. The zero-order valence-electron chi connectivity index (χ0n) is 11.9. The molecule has 0 aromatic heterocycles. The first-order valence-corrected chi connectivity index (χ1v) is 8.04. The molecule has 106 valence electrons. The summed E-state index contributed by atoms with van der Waals surface area (Å²) in [4.78, 5) is 2.49. The van der Waals surface area contributed by atoms with Crippen molar-refractivity contribution in [2.45, 2.75) is 46.1 Å². The summed E-state index contributed by atoms with van der Waals surface area (Å²) in [6, 6.07) is 5.00. The first-order chi connectivity index (χ1) is 9.08. The van der Waals surface area contributed by atoms with Gasteiger partial charge in [0.15, 0.2) is 0 Å². The van der Waals surface area contributed by atoms with Crippen LogP contribution in [0, 0.1) is 11.2 Å². The molecular formula is C16H23BrFN. The van der Waals surface area contributed by atoms with Crippen molar-refractivity contribution in [3.05, 3.63) is 34.1 Å². The zero-order valence-corrected chi connectivity index (χ0v) is 13.5. The van der Waals surface area contributed by atoms with Gasteiger partial charge in [-0.25, -0.2) is 4.39 Å². The van der Waals surface area contributed by atoms with Gasteiger partial charge in [-0.05, 0) is 49.0 Å². The van der Waals surface area contributed by atoms with E-state index in [0.29, 0.717) is 5.41 Å². The van der Waals surface area contributed by atoms with Gasteiger partial charge in [0, 0.05) is 11.0 Å². The van der Waals surface area contributed by atoms with Gasteiger partial charge in [0.25, 0.3) is 0 Å². The fourth-order valence-electron chi connectivity index (χ4n) is 3.03. The molecule has 0 saturated carbocycles. The van der Waals surface area contributed by atoms with Crippen LogP contribution in [0.4, 0.5) is 4.39 Å². The van der Waals surface area contributed by atoms with Crippen molar-refractivity contribution in [2.75, 3.05) is 13.1 Å². The minimum Gasteiger partial charge on any atom is -0.299 e. The molecule has 0 spiro atoms. The van der Waals surface area contributed by atoms with Crippen LogP contribution >= 0.6 is 15.9 Å². The molecule has 1 aromatic carbocycles. The summed E-state index contributed by atoms with van der Waals surface area (Å²) >= 11 is 3.46. The van der Waals surface area contributed by atoms with Gasteiger partial charge in [0.1, 0.15) is 5.82 Å². The smallest absolute Gasteiger partial charge is 0.124 e. The molecule has 1 saturated heterocycles. The lowest BCUT2D eigenvalue weighted by molar-refractivity contribution is 0.0907. The van der Waals surface area contributed by atoms with E-state index in [4.69, 9.17) is 0 Å². The predicted molar refractivity (Wildman–Crippen MR) is 81.6 cm³/mol. The standard InChI is InChI=1S/C16H23BrFN/c1-3-16(4-2)7-9-19(10-8-16)12-13-5-6-14(18)11-15(13)17/h5-6,11H,3-4,7-10,12H2,1-2H3. The maximum Gasteiger partial charge on any atom is 0.124 e. The summed E-state index contributed by atoms with van der Waals surface area (Å²) in [6.45, 7) is 7.87. The number of halogens is 2. The van der Waals surface area contributed by atoms with Crippen LogP contribution in [0.5, 0.6) is 0 Å². The molecule has 0 bridgehead atoms. The van der Waals surface area contributed by atoms with Gasteiger partial charge in [-0.3, -0.25) is 4.90 Å². The minimum absolute atomic E-state index is 0.176. The monoisotopic (exact) mass is 327 g/mol. The van der Waals surface area contributed by atoms with E-state index in [2.05, 4.69) is 34.7 Å². The van der Waals surface area contributed by atoms with Gasteiger partial charge in [0.05, 0.1) is 0 Å². The molecule has 19 heavy (non-hydrogen) atoms. The zero-order chi connectivity index (χ0) is 13.9. The van der Waals surface area contributed by atoms with Gasteiger partial charge < -0.3 is 0 Å². The third kappa shape index (κ3) is 3.57. The maximum atomic E-state index is 13.1. The average molecular weight is 328 g/mol. The predicted octanol–water partition coefficient (Wildman–Crippen LogP) is 4.99. The lowest BCUT2D eigenvalue weighted by atomic mass is 9.74. The highest BCUT2D eigenvalue weighted by Gasteiger charge is 2.31. The Hall–Kier alpha value is -0.410. The molecule has 1 fully saturated rings. The molecule has 1 aliphatic rings. The minimum atomic E-state index is -0.176. The van der Waals surface area contributed by atoms with E-state index >= 15 is 0 Å². The van der Waals surface area contributed by atoms with Gasteiger partial charge in [-0.1, -0.05) is 48.7 Å². The third-order valence-electron chi connectivity index (χ3n) is 4.83. The number of benzene rings is 1. The topological polar surface area (TPSA) is 3.24 Å². The van der Waals surface area contributed by atoms with E-state index in [1.807, 2.05) is 6.07 Å². The quantitative estimate of drug-likeness (QED) is 0.752. The Morgan fingerprint density at radius 1 is 1.21 bits per heavy atom. The highest BCUT2D eigenvalue weighted by Crippen LogP contribution is 2.38. The highest BCUT2D eigenvalue weighted by atomic mass is 79.9. The molecule has 0 radical (unpaired) electrons. The van der Waals surface area contributed by atoms with Gasteiger partial charge in [0.2, 0.25) is 0 Å². The second-order valence-electron chi connectivity index (χ2n) is 5.72. The number of piperidine rings is 1. The van der Waals surface area contributed by atoms with Gasteiger partial charge in [-0.15, -0.1) is 0 Å². The van der Waals surface area contributed by atoms with Crippen molar-refractivity contribution < 1.29 is 4.39 Å². The summed E-state index contributed by atoms with van der Waals surface area (Å²) in [7, 11) is 0. The lowest BCUT2D eigenvalue weighted by Gasteiger charge is -2.41. The van der Waals surface area contributed by atoms with E-state index in [1.54, 1.807) is 12.1 Å². The first kappa shape index (κ1) is 15.0. The second kappa shape index (κ2) is 6.36. The summed E-state index contributed by atoms with van der Waals surface area (Å²) < 4.78 is 14.0.